The zero-order valence-electron chi connectivity index (χ0n) is 21.7. The Morgan fingerprint density at radius 1 is 0.973 bits per heavy atom. The van der Waals surface area contributed by atoms with Crippen LogP contribution in [-0.4, -0.2) is 56.0 Å². The first-order valence-electron chi connectivity index (χ1n) is 14.3. The number of aliphatic carboxylic acids is 1. The van der Waals surface area contributed by atoms with E-state index in [0.717, 1.165) is 30.2 Å². The Morgan fingerprint density at radius 2 is 1.65 bits per heavy atom. The average molecular weight is 507 g/mol. The minimum Gasteiger partial charge on any atom is -0.476 e. The predicted octanol–water partition coefficient (Wildman–Crippen LogP) is 4.75. The summed E-state index contributed by atoms with van der Waals surface area (Å²) in [6.07, 6.45) is 13.7. The lowest BCUT2D eigenvalue weighted by molar-refractivity contribution is -0.129. The van der Waals surface area contributed by atoms with E-state index in [1.54, 1.807) is 6.92 Å². The number of hydrogen-bond acceptors (Lipinski definition) is 6. The second-order valence-electron chi connectivity index (χ2n) is 11.6. The first-order valence-corrected chi connectivity index (χ1v) is 14.3. The third kappa shape index (κ3) is 4.58. The fraction of sp³-hybridized carbons (Fsp3) is 0.655. The number of carbonyl (C=O) groups is 1. The van der Waals surface area contributed by atoms with Gasteiger partial charge in [-0.2, -0.15) is 0 Å². The molecule has 198 valence electrons. The van der Waals surface area contributed by atoms with Crippen LogP contribution in [0.5, 0.6) is 0 Å². The van der Waals surface area contributed by atoms with Crippen LogP contribution >= 0.6 is 0 Å². The molecule has 37 heavy (non-hydrogen) atoms. The summed E-state index contributed by atoms with van der Waals surface area (Å²) in [5.41, 5.74) is 0.407. The molecule has 4 bridgehead atoms. The quantitative estimate of drug-likeness (QED) is 0.449. The van der Waals surface area contributed by atoms with E-state index in [0.29, 0.717) is 23.6 Å². The number of aromatic nitrogens is 2. The molecular weight excluding hydrogens is 468 g/mol. The molecule has 0 amide bonds. The molecule has 2 aliphatic heterocycles. The Morgan fingerprint density at radius 3 is 2.32 bits per heavy atom. The highest BCUT2D eigenvalue weighted by Crippen LogP contribution is 2.47. The Balaban J connectivity index is 1.37. The Bertz CT molecular complexity index is 1230. The van der Waals surface area contributed by atoms with E-state index < -0.39 is 11.7 Å². The third-order valence-corrected chi connectivity index (χ3v) is 9.40. The van der Waals surface area contributed by atoms with Crippen molar-refractivity contribution in [2.45, 2.75) is 102 Å². The number of rotatable bonds is 6. The molecule has 0 spiro atoms. The number of hydrogen-bond donors (Lipinski definition) is 1. The van der Waals surface area contributed by atoms with Crippen molar-refractivity contribution in [1.29, 1.82) is 0 Å². The van der Waals surface area contributed by atoms with Crippen LogP contribution in [0, 0.1) is 11.8 Å². The molecule has 1 aromatic heterocycles. The van der Waals surface area contributed by atoms with Gasteiger partial charge in [0.2, 0.25) is 5.71 Å². The molecule has 3 heterocycles. The van der Waals surface area contributed by atoms with Gasteiger partial charge in [0, 0.05) is 24.2 Å². The maximum Gasteiger partial charge on any atom is 0.360 e. The number of piperidine rings is 2. The molecule has 0 unspecified atom stereocenters. The second kappa shape index (κ2) is 10.2. The van der Waals surface area contributed by atoms with Gasteiger partial charge in [-0.1, -0.05) is 43.0 Å². The van der Waals surface area contributed by atoms with Gasteiger partial charge in [-0.3, -0.25) is 9.69 Å². The van der Waals surface area contributed by atoms with E-state index in [9.17, 15) is 14.7 Å². The van der Waals surface area contributed by atoms with Crippen LogP contribution in [0.1, 0.15) is 89.3 Å². The maximum absolute atomic E-state index is 13.9. The highest BCUT2D eigenvalue weighted by Gasteiger charge is 2.45. The highest BCUT2D eigenvalue weighted by molar-refractivity contribution is 6.41. The first-order chi connectivity index (χ1) is 18.0. The number of oxime groups is 1. The molecule has 2 aliphatic carbocycles. The summed E-state index contributed by atoms with van der Waals surface area (Å²) in [6, 6.07) is 9.19. The molecule has 6 atom stereocenters. The number of para-hydroxylation sites is 2. The van der Waals surface area contributed by atoms with Crippen molar-refractivity contribution in [1.82, 2.24) is 14.5 Å². The molecule has 6 rings (SSSR count). The van der Waals surface area contributed by atoms with Crippen molar-refractivity contribution in [2.75, 3.05) is 6.61 Å². The molecule has 2 aromatic rings. The van der Waals surface area contributed by atoms with E-state index in [1.807, 2.05) is 28.8 Å². The average Bonchev–Trinajstić information content (AvgIpc) is 2.88. The Hall–Kier alpha value is -2.74. The molecule has 2 saturated carbocycles. The largest absolute Gasteiger partial charge is 0.476 e. The Kier molecular flexibility index (Phi) is 6.78. The van der Waals surface area contributed by atoms with Crippen molar-refractivity contribution in [3.63, 3.8) is 0 Å². The molecule has 8 nitrogen and oxygen atoms in total. The number of fused-ring (bicyclic) bond motifs is 5. The van der Waals surface area contributed by atoms with Crippen LogP contribution < -0.4 is 5.56 Å². The van der Waals surface area contributed by atoms with Gasteiger partial charge in [0.1, 0.15) is 6.61 Å². The van der Waals surface area contributed by atoms with Gasteiger partial charge >= 0.3 is 5.97 Å². The summed E-state index contributed by atoms with van der Waals surface area (Å²) in [7, 11) is 0. The fourth-order valence-electron chi connectivity index (χ4n) is 8.12. The predicted molar refractivity (Wildman–Crippen MR) is 142 cm³/mol. The lowest BCUT2D eigenvalue weighted by atomic mass is 9.68. The highest BCUT2D eigenvalue weighted by atomic mass is 16.6. The normalized spacial score (nSPS) is 32.3. The summed E-state index contributed by atoms with van der Waals surface area (Å²) in [5, 5.41) is 13.6. The lowest BCUT2D eigenvalue weighted by Crippen LogP contribution is -2.58. The first kappa shape index (κ1) is 24.6. The lowest BCUT2D eigenvalue weighted by Gasteiger charge is -2.55. The number of carboxylic acid groups (broad SMARTS) is 1. The van der Waals surface area contributed by atoms with Crippen molar-refractivity contribution in [3.8, 4) is 0 Å². The van der Waals surface area contributed by atoms with E-state index in [-0.39, 0.29) is 23.9 Å². The topological polar surface area (TPSA) is 97.0 Å². The molecule has 1 aromatic carbocycles. The summed E-state index contributed by atoms with van der Waals surface area (Å²) in [4.78, 5) is 38.3. The monoisotopic (exact) mass is 506 g/mol. The number of benzene rings is 1. The molecule has 4 fully saturated rings. The summed E-state index contributed by atoms with van der Waals surface area (Å²) in [5.74, 6) is 0.475. The maximum atomic E-state index is 13.9. The van der Waals surface area contributed by atoms with E-state index >= 15 is 0 Å². The zero-order valence-corrected chi connectivity index (χ0v) is 21.7. The number of nitrogens with zero attached hydrogens (tertiary/aromatic N) is 4. The standard InChI is InChI=1S/C29H38N4O4/c1-2-37-31-27(29(35)36)26-28(34)33(25-12-4-3-11-24(25)30-26)23-16-20-9-6-10-21(17-23)32(20)22-14-18-7-5-8-19(13-18)15-22/h3-4,11-12,18-23H,2,5-10,13-17H2,1H3,(H,35,36)/b31-27-/t18-,19+,20-,21+,22+,23+. The van der Waals surface area contributed by atoms with Crippen LogP contribution in [-0.2, 0) is 9.63 Å². The van der Waals surface area contributed by atoms with Crippen LogP contribution in [0.3, 0.4) is 0 Å². The van der Waals surface area contributed by atoms with Crippen LogP contribution in [0.4, 0.5) is 0 Å². The van der Waals surface area contributed by atoms with Gasteiger partial charge in [0.25, 0.3) is 5.56 Å². The van der Waals surface area contributed by atoms with Crippen molar-refractivity contribution in [3.05, 3.63) is 40.3 Å². The van der Waals surface area contributed by atoms with E-state index in [4.69, 9.17) is 4.84 Å². The molecule has 0 radical (unpaired) electrons. The van der Waals surface area contributed by atoms with E-state index in [2.05, 4.69) is 15.0 Å². The van der Waals surface area contributed by atoms with Gasteiger partial charge in [0.15, 0.2) is 5.69 Å². The van der Waals surface area contributed by atoms with Crippen molar-refractivity contribution < 1.29 is 14.7 Å². The molecule has 2 saturated heterocycles. The van der Waals surface area contributed by atoms with Gasteiger partial charge in [-0.15, -0.1) is 0 Å². The van der Waals surface area contributed by atoms with Crippen LogP contribution in [0.25, 0.3) is 11.0 Å². The molecule has 4 aliphatic rings. The summed E-state index contributed by atoms with van der Waals surface area (Å²) >= 11 is 0. The van der Waals surface area contributed by atoms with E-state index in [1.165, 1.54) is 57.8 Å². The number of carboxylic acids is 1. The molecule has 8 heteroatoms. The van der Waals surface area contributed by atoms with Crippen LogP contribution in [0.2, 0.25) is 0 Å². The second-order valence-corrected chi connectivity index (χ2v) is 11.6. The molecule has 1 N–H and O–H groups in total. The van der Waals surface area contributed by atoms with Crippen LogP contribution in [0.15, 0.2) is 34.2 Å². The van der Waals surface area contributed by atoms with Crippen molar-refractivity contribution >= 4 is 22.7 Å². The Labute approximate surface area is 217 Å². The third-order valence-electron chi connectivity index (χ3n) is 9.40. The fourth-order valence-corrected chi connectivity index (χ4v) is 8.12. The zero-order chi connectivity index (χ0) is 25.5. The van der Waals surface area contributed by atoms with Gasteiger partial charge in [-0.05, 0) is 75.8 Å². The summed E-state index contributed by atoms with van der Waals surface area (Å²) < 4.78 is 1.83. The SMILES string of the molecule is CCO/N=C(\C(=O)O)c1nc2ccccc2n([C@H]2C[C@H]3CCC[C@@H](C2)N3[C@H]2C[C@@H]3CCC[C@@H](C3)C2)c1=O. The van der Waals surface area contributed by atoms with Crippen molar-refractivity contribution in [2.24, 2.45) is 17.0 Å². The van der Waals surface area contributed by atoms with Gasteiger partial charge in [-0.25, -0.2) is 9.78 Å². The summed E-state index contributed by atoms with van der Waals surface area (Å²) in [6.45, 7) is 1.93. The smallest absolute Gasteiger partial charge is 0.360 e. The molecular formula is C29H38N4O4. The van der Waals surface area contributed by atoms with Gasteiger partial charge in [0.05, 0.1) is 11.0 Å². The van der Waals surface area contributed by atoms with Gasteiger partial charge < -0.3 is 14.5 Å². The minimum atomic E-state index is -1.31. The minimum absolute atomic E-state index is 0.0101.